The van der Waals surface area contributed by atoms with Gasteiger partial charge in [0, 0.05) is 23.4 Å². The molecule has 4 fully saturated rings. The van der Waals surface area contributed by atoms with Gasteiger partial charge in [-0.05, 0) is 67.6 Å². The molecule has 1 aromatic carbocycles. The van der Waals surface area contributed by atoms with Gasteiger partial charge in [0.2, 0.25) is 21.8 Å². The fourth-order valence-electron chi connectivity index (χ4n) is 8.09. The first-order valence-corrected chi connectivity index (χ1v) is 21.3. The van der Waals surface area contributed by atoms with E-state index in [4.69, 9.17) is 16.3 Å². The fourth-order valence-corrected chi connectivity index (χ4v) is 10.5. The summed E-state index contributed by atoms with van der Waals surface area (Å²) in [6, 6.07) is 3.80. The Kier molecular flexibility index (Phi) is 10.5. The highest BCUT2D eigenvalue weighted by Crippen LogP contribution is 2.47. The molecule has 3 saturated carbocycles. The van der Waals surface area contributed by atoms with Gasteiger partial charge in [-0.15, -0.1) is 11.3 Å². The third-order valence-electron chi connectivity index (χ3n) is 11.4. The third-order valence-corrected chi connectivity index (χ3v) is 14.4. The molecule has 0 unspecified atom stereocenters. The van der Waals surface area contributed by atoms with Crippen molar-refractivity contribution in [3.63, 3.8) is 0 Å². The Hall–Kier alpha value is -3.43. The molecule has 2 aliphatic heterocycles. The summed E-state index contributed by atoms with van der Waals surface area (Å²) >= 11 is 7.83. The van der Waals surface area contributed by atoms with Crippen molar-refractivity contribution < 1.29 is 32.3 Å². The van der Waals surface area contributed by atoms with Gasteiger partial charge in [-0.1, -0.05) is 63.3 Å². The second kappa shape index (κ2) is 14.8. The molecule has 16 heteroatoms. The first kappa shape index (κ1) is 36.9. The van der Waals surface area contributed by atoms with Crippen molar-refractivity contribution in [3.8, 4) is 0 Å². The number of halogens is 1. The minimum absolute atomic E-state index is 0.00560. The number of nitrogens with zero attached hydrogens (tertiary/aromatic N) is 3. The number of carbonyl (C=O) groups is 4. The molecule has 3 N–H and O–H groups in total. The average Bonchev–Trinajstić information content (AvgIpc) is 3.94. The van der Waals surface area contributed by atoms with Crippen LogP contribution < -0.4 is 15.4 Å². The highest BCUT2D eigenvalue weighted by Gasteiger charge is 2.62. The summed E-state index contributed by atoms with van der Waals surface area (Å²) in [6.07, 6.45) is 5.97. The quantitative estimate of drug-likeness (QED) is 0.276. The number of sulfonamides is 1. The first-order valence-electron chi connectivity index (χ1n) is 18.5. The van der Waals surface area contributed by atoms with Crippen molar-refractivity contribution in [2.45, 2.75) is 127 Å². The lowest BCUT2D eigenvalue weighted by atomic mass is 9.83. The monoisotopic (exact) mass is 774 g/mol. The molecule has 4 amide bonds. The van der Waals surface area contributed by atoms with E-state index in [1.54, 1.807) is 11.0 Å². The van der Waals surface area contributed by atoms with Gasteiger partial charge in [-0.2, -0.15) is 0 Å². The lowest BCUT2D eigenvalue weighted by molar-refractivity contribution is -0.141. The molecule has 3 heterocycles. The summed E-state index contributed by atoms with van der Waals surface area (Å²) in [5.74, 6) is -1.87. The van der Waals surface area contributed by atoms with Crippen LogP contribution in [0.25, 0.3) is 0 Å². The van der Waals surface area contributed by atoms with Gasteiger partial charge < -0.3 is 20.3 Å². The number of aryl methyl sites for hydroxylation is 1. The van der Waals surface area contributed by atoms with Gasteiger partial charge in [-0.25, -0.2) is 18.2 Å². The number of amides is 4. The number of carbonyl (C=O) groups excluding carboxylic acids is 4. The molecule has 1 saturated heterocycles. The van der Waals surface area contributed by atoms with Crippen molar-refractivity contribution in [1.82, 2.24) is 24.8 Å². The van der Waals surface area contributed by atoms with Crippen LogP contribution >= 0.6 is 22.9 Å². The van der Waals surface area contributed by atoms with E-state index in [1.165, 1.54) is 16.2 Å². The van der Waals surface area contributed by atoms with Crippen LogP contribution in [0.4, 0.5) is 9.93 Å². The van der Waals surface area contributed by atoms with Crippen LogP contribution in [0.3, 0.4) is 0 Å². The Balaban J connectivity index is 1.13. The van der Waals surface area contributed by atoms with E-state index in [9.17, 15) is 27.6 Å². The van der Waals surface area contributed by atoms with Gasteiger partial charge in [0.1, 0.15) is 23.7 Å². The highest BCUT2D eigenvalue weighted by atomic mass is 35.5. The number of rotatable bonds is 12. The average molecular weight is 775 g/mol. The van der Waals surface area contributed by atoms with Crippen LogP contribution in [0.2, 0.25) is 5.02 Å². The minimum Gasteiger partial charge on any atom is -0.444 e. The van der Waals surface area contributed by atoms with E-state index in [2.05, 4.69) is 20.3 Å². The van der Waals surface area contributed by atoms with E-state index in [1.807, 2.05) is 31.4 Å². The molecule has 52 heavy (non-hydrogen) atoms. The van der Waals surface area contributed by atoms with Crippen LogP contribution in [0.15, 0.2) is 23.6 Å². The predicted octanol–water partition coefficient (Wildman–Crippen LogP) is 4.73. The maximum absolute atomic E-state index is 14.8. The normalized spacial score (nSPS) is 26.4. The van der Waals surface area contributed by atoms with Crippen molar-refractivity contribution in [1.29, 1.82) is 0 Å². The SMILES string of the molecule is CCc1csc(N[C@H](C(=O)N2C[C@H](OC(=O)N3Cc4cccc(Cl)c4C3)C[C@H]2C(=O)N[C@]2(C(=O)NS(=O)(=O)C3CC3)C[C@H]2CC)C2CCCCC2)n1. The molecule has 2 aromatic rings. The molecular weight excluding hydrogens is 728 g/mol. The zero-order valence-electron chi connectivity index (χ0n) is 29.6. The Morgan fingerprint density at radius 1 is 1.10 bits per heavy atom. The number of likely N-dealkylation sites (tertiary alicyclic amines) is 1. The lowest BCUT2D eigenvalue weighted by Gasteiger charge is -2.34. The van der Waals surface area contributed by atoms with Crippen molar-refractivity contribution in [2.24, 2.45) is 11.8 Å². The summed E-state index contributed by atoms with van der Waals surface area (Å²) in [6.45, 7) is 4.50. The van der Waals surface area contributed by atoms with E-state index >= 15 is 0 Å². The van der Waals surface area contributed by atoms with Gasteiger partial charge in [-0.3, -0.25) is 24.0 Å². The van der Waals surface area contributed by atoms with Gasteiger partial charge >= 0.3 is 6.09 Å². The van der Waals surface area contributed by atoms with Crippen molar-refractivity contribution >= 4 is 61.9 Å². The molecule has 7 rings (SSSR count). The fraction of sp³-hybridized carbons (Fsp3) is 0.639. The number of aromatic nitrogens is 1. The van der Waals surface area contributed by atoms with Crippen LogP contribution in [-0.4, -0.2) is 82.5 Å². The second-order valence-electron chi connectivity index (χ2n) is 14.9. The molecular formula is C36H47ClN6O7S2. The minimum atomic E-state index is -3.85. The van der Waals surface area contributed by atoms with E-state index in [-0.39, 0.29) is 43.7 Å². The van der Waals surface area contributed by atoms with Crippen LogP contribution in [-0.2, 0) is 48.7 Å². The third kappa shape index (κ3) is 7.50. The van der Waals surface area contributed by atoms with Crippen LogP contribution in [0.1, 0.15) is 94.9 Å². The zero-order valence-corrected chi connectivity index (χ0v) is 32.0. The molecule has 0 bridgehead atoms. The van der Waals surface area contributed by atoms with E-state index < -0.39 is 56.9 Å². The Labute approximate surface area is 313 Å². The Morgan fingerprint density at radius 2 is 1.87 bits per heavy atom. The standard InChI is InChI=1S/C36H47ClN6O7S2/c1-3-23-16-36(23,33(46)41-52(48,49)26-13-14-26)40-31(44)29-15-25(50-35(47)42-17-22-11-8-12-28(37)27(22)19-42)18-43(29)32(45)30(21-9-6-5-7-10-21)39-34-38-24(4-2)20-51-34/h8,11-12,20-21,23,25-26,29-30H,3-7,9-10,13-19H2,1-2H3,(H,38,39)(H,40,44)(H,41,46)/t23-,25-,29+,30+,36-/m1/s1. The number of ether oxygens (including phenoxy) is 1. The second-order valence-corrected chi connectivity index (χ2v) is 18.2. The molecule has 13 nitrogen and oxygen atoms in total. The van der Waals surface area contributed by atoms with Crippen LogP contribution in [0, 0.1) is 11.8 Å². The smallest absolute Gasteiger partial charge is 0.410 e. The zero-order chi connectivity index (χ0) is 36.8. The molecule has 0 radical (unpaired) electrons. The number of fused-ring (bicyclic) bond motifs is 1. The Bertz CT molecular complexity index is 1830. The maximum atomic E-state index is 14.8. The topological polar surface area (TPSA) is 167 Å². The summed E-state index contributed by atoms with van der Waals surface area (Å²) in [5.41, 5.74) is 1.30. The molecule has 3 aliphatic carbocycles. The molecule has 0 spiro atoms. The molecule has 1 aromatic heterocycles. The summed E-state index contributed by atoms with van der Waals surface area (Å²) in [7, 11) is -3.85. The number of anilines is 1. The summed E-state index contributed by atoms with van der Waals surface area (Å²) < 4.78 is 33.7. The van der Waals surface area contributed by atoms with E-state index in [0.717, 1.165) is 55.3 Å². The number of hydrogen-bond donors (Lipinski definition) is 3. The number of nitrogens with one attached hydrogen (secondary N) is 3. The summed E-state index contributed by atoms with van der Waals surface area (Å²) in [4.78, 5) is 63.9. The lowest BCUT2D eigenvalue weighted by Crippen LogP contribution is -2.58. The first-order chi connectivity index (χ1) is 24.9. The molecule has 5 aliphatic rings. The number of benzene rings is 1. The van der Waals surface area contributed by atoms with Gasteiger partial charge in [0.25, 0.3) is 5.91 Å². The molecule has 5 atom stereocenters. The largest absolute Gasteiger partial charge is 0.444 e. The van der Waals surface area contributed by atoms with Crippen LogP contribution in [0.5, 0.6) is 0 Å². The van der Waals surface area contributed by atoms with Crippen molar-refractivity contribution in [3.05, 3.63) is 45.4 Å². The Morgan fingerprint density at radius 3 is 2.52 bits per heavy atom. The van der Waals surface area contributed by atoms with Gasteiger partial charge in [0.15, 0.2) is 5.13 Å². The van der Waals surface area contributed by atoms with E-state index in [0.29, 0.717) is 36.0 Å². The van der Waals surface area contributed by atoms with Gasteiger partial charge in [0.05, 0.1) is 24.0 Å². The number of thiazole rings is 1. The van der Waals surface area contributed by atoms with Crippen molar-refractivity contribution in [2.75, 3.05) is 11.9 Å². The number of hydrogen-bond acceptors (Lipinski definition) is 10. The molecule has 282 valence electrons. The predicted molar refractivity (Wildman–Crippen MR) is 196 cm³/mol. The summed E-state index contributed by atoms with van der Waals surface area (Å²) in [5, 5.41) is 8.88. The highest BCUT2D eigenvalue weighted by molar-refractivity contribution is 7.91. The maximum Gasteiger partial charge on any atom is 0.410 e.